The van der Waals surface area contributed by atoms with Gasteiger partial charge in [-0.1, -0.05) is 31.9 Å². The van der Waals surface area contributed by atoms with Gasteiger partial charge in [0.1, 0.15) is 6.26 Å². The number of benzene rings is 1. The highest BCUT2D eigenvalue weighted by Crippen LogP contribution is 2.20. The minimum atomic E-state index is -0.947. The van der Waals surface area contributed by atoms with E-state index in [1.807, 2.05) is 12.1 Å². The Morgan fingerprint density at radius 3 is 2.47 bits per heavy atom. The van der Waals surface area contributed by atoms with Crippen molar-refractivity contribution in [1.82, 2.24) is 0 Å². The van der Waals surface area contributed by atoms with Crippen molar-refractivity contribution in [3.8, 4) is 0 Å². The monoisotopic (exact) mass is 225 g/mol. The minimum Gasteiger partial charge on any atom is -0.612 e. The summed E-state index contributed by atoms with van der Waals surface area (Å²) in [4.78, 5) is 0.795. The molecule has 3 heteroatoms. The summed E-state index contributed by atoms with van der Waals surface area (Å²) >= 11 is -0.947. The molecule has 0 saturated heterocycles. The van der Waals surface area contributed by atoms with E-state index in [1.54, 1.807) is 18.4 Å². The van der Waals surface area contributed by atoms with Gasteiger partial charge in [0.15, 0.2) is 4.90 Å². The number of rotatable bonds is 5. The second-order valence-electron chi connectivity index (χ2n) is 3.53. The highest BCUT2D eigenvalue weighted by atomic mass is 32.2. The molecule has 0 saturated carbocycles. The van der Waals surface area contributed by atoms with Gasteiger partial charge in [0, 0.05) is 0 Å². The van der Waals surface area contributed by atoms with Crippen LogP contribution >= 0.6 is 0 Å². The molecule has 2 unspecified atom stereocenters. The molecule has 0 aliphatic carbocycles. The van der Waals surface area contributed by atoms with Crippen molar-refractivity contribution in [2.45, 2.75) is 30.3 Å². The molecular weight excluding hydrogens is 208 g/mol. The largest absolute Gasteiger partial charge is 0.612 e. The number of unbranched alkanes of at least 4 members (excludes halogenated alkanes) is 1. The lowest BCUT2D eigenvalue weighted by atomic mass is 10.0. The summed E-state index contributed by atoms with van der Waals surface area (Å²) in [5, 5.41) is 9.78. The topological polar surface area (TPSA) is 43.3 Å². The van der Waals surface area contributed by atoms with Crippen LogP contribution in [0.5, 0.6) is 0 Å². The molecule has 2 nitrogen and oxygen atoms in total. The molecule has 83 valence electrons. The van der Waals surface area contributed by atoms with Crippen LogP contribution in [0.1, 0.15) is 30.9 Å². The maximum atomic E-state index is 11.1. The van der Waals surface area contributed by atoms with Crippen LogP contribution < -0.4 is 0 Å². The lowest BCUT2D eigenvalue weighted by Crippen LogP contribution is -2.00. The molecule has 2 atom stereocenters. The second kappa shape index (κ2) is 6.16. The molecule has 0 heterocycles. The van der Waals surface area contributed by atoms with Crippen molar-refractivity contribution in [2.75, 3.05) is 6.26 Å². The summed E-state index contributed by atoms with van der Waals surface area (Å²) in [7, 11) is 0. The third kappa shape index (κ3) is 3.86. The average Bonchev–Trinajstić information content (AvgIpc) is 2.26. The standard InChI is InChI=1S/C12H17O2S/c1-3-4-5-12(13)10-6-8-11(9-7-10)15(2)14/h6-9,12-13H,1,3-5H2,2H3. The smallest absolute Gasteiger partial charge is 0.152 e. The number of hydrogen-bond donors (Lipinski definition) is 1. The number of aliphatic hydroxyl groups is 1. The predicted molar refractivity (Wildman–Crippen MR) is 62.9 cm³/mol. The van der Waals surface area contributed by atoms with Crippen LogP contribution in [0.25, 0.3) is 0 Å². The summed E-state index contributed by atoms with van der Waals surface area (Å²) in [5.41, 5.74) is 0.887. The third-order valence-corrected chi connectivity index (χ3v) is 3.26. The van der Waals surface area contributed by atoms with E-state index < -0.39 is 17.3 Å². The lowest BCUT2D eigenvalue weighted by Gasteiger charge is -2.11. The minimum absolute atomic E-state index is 0.425. The van der Waals surface area contributed by atoms with Crippen molar-refractivity contribution in [3.63, 3.8) is 0 Å². The van der Waals surface area contributed by atoms with E-state index in [0.29, 0.717) is 0 Å². The van der Waals surface area contributed by atoms with Crippen LogP contribution in [0, 0.1) is 6.92 Å². The summed E-state index contributed by atoms with van der Waals surface area (Å²) in [6.07, 6.45) is 3.72. The number of hydrogen-bond acceptors (Lipinski definition) is 2. The summed E-state index contributed by atoms with van der Waals surface area (Å²) in [6.45, 7) is 3.74. The van der Waals surface area contributed by atoms with Gasteiger partial charge in [-0.15, -0.1) is 0 Å². The third-order valence-electron chi connectivity index (χ3n) is 2.32. The first kappa shape index (κ1) is 12.6. The molecule has 0 aromatic heterocycles. The molecular formula is C12H17O2S. The normalized spacial score (nSPS) is 14.9. The van der Waals surface area contributed by atoms with Crippen molar-refractivity contribution >= 4 is 11.2 Å². The zero-order valence-electron chi connectivity index (χ0n) is 8.98. The van der Waals surface area contributed by atoms with E-state index in [1.165, 1.54) is 0 Å². The van der Waals surface area contributed by atoms with E-state index in [-0.39, 0.29) is 0 Å². The fraction of sp³-hybridized carbons (Fsp3) is 0.417. The zero-order valence-corrected chi connectivity index (χ0v) is 9.80. The van der Waals surface area contributed by atoms with Gasteiger partial charge in [-0.05, 0) is 35.3 Å². The Balaban J connectivity index is 2.62. The van der Waals surface area contributed by atoms with Crippen molar-refractivity contribution < 1.29 is 9.66 Å². The van der Waals surface area contributed by atoms with Crippen molar-refractivity contribution in [3.05, 3.63) is 36.8 Å². The van der Waals surface area contributed by atoms with Gasteiger partial charge in [0.2, 0.25) is 0 Å². The van der Waals surface area contributed by atoms with E-state index in [2.05, 4.69) is 6.92 Å². The molecule has 1 aromatic carbocycles. The fourth-order valence-corrected chi connectivity index (χ4v) is 1.91. The maximum absolute atomic E-state index is 11.1. The molecule has 1 radical (unpaired) electrons. The van der Waals surface area contributed by atoms with Crippen molar-refractivity contribution in [1.29, 1.82) is 0 Å². The highest BCUT2D eigenvalue weighted by Gasteiger charge is 2.08. The molecule has 15 heavy (non-hydrogen) atoms. The Labute approximate surface area is 94.5 Å². The molecule has 0 bridgehead atoms. The Hall–Kier alpha value is -0.510. The van der Waals surface area contributed by atoms with Gasteiger partial charge >= 0.3 is 0 Å². The highest BCUT2D eigenvalue weighted by molar-refractivity contribution is 7.90. The average molecular weight is 225 g/mol. The van der Waals surface area contributed by atoms with Crippen LogP contribution in [0.15, 0.2) is 29.2 Å². The summed E-state index contributed by atoms with van der Waals surface area (Å²) < 4.78 is 11.1. The van der Waals surface area contributed by atoms with E-state index in [0.717, 1.165) is 29.7 Å². The van der Waals surface area contributed by atoms with Gasteiger partial charge in [-0.3, -0.25) is 0 Å². The molecule has 0 spiro atoms. The first-order valence-electron chi connectivity index (χ1n) is 5.06. The Kier molecular flexibility index (Phi) is 5.15. The molecule has 0 aliphatic heterocycles. The van der Waals surface area contributed by atoms with Gasteiger partial charge in [0.25, 0.3) is 0 Å². The molecule has 0 amide bonds. The number of aliphatic hydroxyl groups excluding tert-OH is 1. The second-order valence-corrected chi connectivity index (χ2v) is 4.91. The molecule has 0 fully saturated rings. The molecule has 0 aliphatic rings. The molecule has 1 aromatic rings. The van der Waals surface area contributed by atoms with Crippen LogP contribution in [-0.4, -0.2) is 15.9 Å². The fourth-order valence-electron chi connectivity index (χ4n) is 1.39. The molecule has 1 rings (SSSR count). The van der Waals surface area contributed by atoms with Gasteiger partial charge < -0.3 is 9.66 Å². The van der Waals surface area contributed by atoms with Gasteiger partial charge in [-0.2, -0.15) is 0 Å². The Morgan fingerprint density at radius 2 is 2.00 bits per heavy atom. The van der Waals surface area contributed by atoms with Gasteiger partial charge in [-0.25, -0.2) is 0 Å². The van der Waals surface area contributed by atoms with Crippen LogP contribution in [-0.2, 0) is 11.2 Å². The maximum Gasteiger partial charge on any atom is 0.152 e. The summed E-state index contributed by atoms with van der Waals surface area (Å²) in [5.74, 6) is 0. The Bertz CT molecular complexity index is 282. The SMILES string of the molecule is [CH2]CCCC(O)c1ccc([S+](C)[O-])cc1. The predicted octanol–water partition coefficient (Wildman–Crippen LogP) is 2.46. The van der Waals surface area contributed by atoms with Crippen LogP contribution in [0.2, 0.25) is 0 Å². The first-order chi connectivity index (χ1) is 7.15. The van der Waals surface area contributed by atoms with E-state index in [9.17, 15) is 9.66 Å². The quantitative estimate of drug-likeness (QED) is 0.782. The van der Waals surface area contributed by atoms with Crippen LogP contribution in [0.3, 0.4) is 0 Å². The Morgan fingerprint density at radius 1 is 1.40 bits per heavy atom. The van der Waals surface area contributed by atoms with Crippen molar-refractivity contribution in [2.24, 2.45) is 0 Å². The first-order valence-corrected chi connectivity index (χ1v) is 6.61. The zero-order chi connectivity index (χ0) is 11.3. The lowest BCUT2D eigenvalue weighted by molar-refractivity contribution is 0.165. The molecule has 1 N–H and O–H groups in total. The van der Waals surface area contributed by atoms with E-state index in [4.69, 9.17) is 0 Å². The van der Waals surface area contributed by atoms with Gasteiger partial charge in [0.05, 0.1) is 6.10 Å². The summed E-state index contributed by atoms with van der Waals surface area (Å²) in [6, 6.07) is 7.28. The van der Waals surface area contributed by atoms with Crippen LogP contribution in [0.4, 0.5) is 0 Å². The van der Waals surface area contributed by atoms with E-state index >= 15 is 0 Å².